The monoisotopic (exact) mass is 449 g/mol. The number of hydrogen-bond acceptors (Lipinski definition) is 4. The van der Waals surface area contributed by atoms with Crippen LogP contribution in [0.1, 0.15) is 47.8 Å². The Balaban J connectivity index is 2.14. The maximum atomic E-state index is 13.3. The zero-order valence-corrected chi connectivity index (χ0v) is 17.6. The minimum atomic E-state index is -4.85. The second-order valence-electron chi connectivity index (χ2n) is 7.93. The van der Waals surface area contributed by atoms with E-state index in [-0.39, 0.29) is 17.2 Å². The van der Waals surface area contributed by atoms with Gasteiger partial charge in [-0.3, -0.25) is 14.2 Å². The van der Waals surface area contributed by atoms with Gasteiger partial charge in [-0.25, -0.2) is 0 Å². The number of carbonyl (C=O) groups excluding carboxylic acids is 1. The van der Waals surface area contributed by atoms with E-state index in [9.17, 15) is 33.0 Å². The van der Waals surface area contributed by atoms with Crippen LogP contribution in [0.15, 0.2) is 42.5 Å². The van der Waals surface area contributed by atoms with Gasteiger partial charge < -0.3 is 14.9 Å². The van der Waals surface area contributed by atoms with Crippen molar-refractivity contribution in [1.29, 1.82) is 0 Å². The molecule has 0 saturated heterocycles. The normalized spacial score (nSPS) is 12.8. The van der Waals surface area contributed by atoms with E-state index < -0.39 is 29.9 Å². The number of benzene rings is 2. The first kappa shape index (κ1) is 23.2. The zero-order chi connectivity index (χ0) is 23.8. The van der Waals surface area contributed by atoms with E-state index in [1.54, 1.807) is 6.92 Å². The predicted octanol–water partition coefficient (Wildman–Crippen LogP) is 5.46. The van der Waals surface area contributed by atoms with Gasteiger partial charge in [0, 0.05) is 16.6 Å². The minimum Gasteiger partial charge on any atom is -0.508 e. The number of nitrogens with zero attached hydrogens (tertiary/aromatic N) is 1. The van der Waals surface area contributed by atoms with Crippen molar-refractivity contribution in [3.63, 3.8) is 0 Å². The van der Waals surface area contributed by atoms with Crippen LogP contribution < -0.4 is 4.74 Å². The fourth-order valence-electron chi connectivity index (χ4n) is 3.87. The second-order valence-corrected chi connectivity index (χ2v) is 7.93. The first-order valence-electron chi connectivity index (χ1n) is 9.86. The highest BCUT2D eigenvalue weighted by Gasteiger charge is 2.32. The number of carboxylic acids is 1. The van der Waals surface area contributed by atoms with Gasteiger partial charge in [-0.2, -0.15) is 0 Å². The highest BCUT2D eigenvalue weighted by molar-refractivity contribution is 6.05. The van der Waals surface area contributed by atoms with Crippen LogP contribution in [0.4, 0.5) is 13.2 Å². The average Bonchev–Trinajstić information content (AvgIpc) is 2.95. The summed E-state index contributed by atoms with van der Waals surface area (Å²) in [6.45, 7) is 5.39. The van der Waals surface area contributed by atoms with E-state index in [0.29, 0.717) is 28.6 Å². The molecule has 32 heavy (non-hydrogen) atoms. The van der Waals surface area contributed by atoms with Gasteiger partial charge in [0.2, 0.25) is 0 Å². The number of carbonyl (C=O) groups is 2. The molecule has 0 radical (unpaired) electrons. The van der Waals surface area contributed by atoms with Crippen molar-refractivity contribution in [3.05, 3.63) is 59.3 Å². The lowest BCUT2D eigenvalue weighted by molar-refractivity contribution is -0.274. The Labute approximate surface area is 181 Å². The summed E-state index contributed by atoms with van der Waals surface area (Å²) in [5.74, 6) is -2.98. The average molecular weight is 449 g/mol. The molecule has 0 amide bonds. The van der Waals surface area contributed by atoms with Crippen molar-refractivity contribution in [1.82, 2.24) is 4.57 Å². The van der Waals surface area contributed by atoms with Crippen LogP contribution in [0.2, 0.25) is 0 Å². The number of hydrogen-bond donors (Lipinski definition) is 2. The molecule has 0 saturated carbocycles. The first-order chi connectivity index (χ1) is 14.9. The van der Waals surface area contributed by atoms with Gasteiger partial charge in [-0.1, -0.05) is 13.8 Å². The molecule has 170 valence electrons. The fourth-order valence-corrected chi connectivity index (χ4v) is 3.87. The van der Waals surface area contributed by atoms with E-state index in [1.807, 2.05) is 13.8 Å². The Morgan fingerprint density at radius 1 is 1.09 bits per heavy atom. The number of ether oxygens (including phenoxy) is 1. The molecule has 0 aliphatic rings. The SMILES string of the molecule is Cc1c([C@H](CC(C)C)C(=O)O)c2cc(O)ccc2n1C(=O)c1ccc(OC(F)(F)F)cc1. The molecule has 3 rings (SSSR count). The molecule has 1 aromatic heterocycles. The molecule has 1 heterocycles. The van der Waals surface area contributed by atoms with E-state index in [2.05, 4.69) is 4.74 Å². The largest absolute Gasteiger partial charge is 0.573 e. The number of phenols is 1. The molecule has 0 bridgehead atoms. The number of phenolic OH excluding ortho intramolecular Hbond substituents is 1. The first-order valence-corrected chi connectivity index (χ1v) is 9.86. The molecule has 2 N–H and O–H groups in total. The van der Waals surface area contributed by atoms with E-state index in [1.165, 1.54) is 34.9 Å². The highest BCUT2D eigenvalue weighted by atomic mass is 19.4. The van der Waals surface area contributed by atoms with Crippen molar-refractivity contribution in [2.45, 2.75) is 39.5 Å². The third kappa shape index (κ3) is 4.71. The fraction of sp³-hybridized carbons (Fsp3) is 0.304. The summed E-state index contributed by atoms with van der Waals surface area (Å²) in [4.78, 5) is 25.3. The molecule has 0 spiro atoms. The molecular formula is C23H22F3NO5. The van der Waals surface area contributed by atoms with Crippen molar-refractivity contribution in [2.24, 2.45) is 5.92 Å². The van der Waals surface area contributed by atoms with Crippen molar-refractivity contribution in [2.75, 3.05) is 0 Å². The minimum absolute atomic E-state index is 0.0584. The number of fused-ring (bicyclic) bond motifs is 1. The lowest BCUT2D eigenvalue weighted by atomic mass is 9.88. The van der Waals surface area contributed by atoms with E-state index in [4.69, 9.17) is 0 Å². The number of aromatic hydroxyl groups is 1. The molecule has 0 aliphatic carbocycles. The van der Waals surface area contributed by atoms with Gasteiger partial charge in [0.1, 0.15) is 11.5 Å². The molecule has 1 atom stereocenters. The van der Waals surface area contributed by atoms with Crippen molar-refractivity contribution < 1.29 is 37.7 Å². The predicted molar refractivity (Wildman–Crippen MR) is 111 cm³/mol. The topological polar surface area (TPSA) is 88.8 Å². The number of halogens is 3. The molecular weight excluding hydrogens is 427 g/mol. The van der Waals surface area contributed by atoms with Gasteiger partial charge in [0.05, 0.1) is 11.4 Å². The molecule has 0 fully saturated rings. The summed E-state index contributed by atoms with van der Waals surface area (Å²) in [5.41, 5.74) is 1.29. The standard InChI is InChI=1S/C23H22F3NO5/c1-12(2)10-18(22(30)31)20-13(3)27(19-9-6-15(28)11-17(19)20)21(29)14-4-7-16(8-5-14)32-23(24,25)26/h4-9,11-12,18,28H,10H2,1-3H3,(H,30,31)/t18-/m0/s1. The van der Waals surface area contributed by atoms with E-state index >= 15 is 0 Å². The van der Waals surface area contributed by atoms with Gasteiger partial charge in [0.25, 0.3) is 5.91 Å². The van der Waals surface area contributed by atoms with Crippen LogP contribution in [-0.4, -0.2) is 33.0 Å². The van der Waals surface area contributed by atoms with Crippen LogP contribution in [0.3, 0.4) is 0 Å². The zero-order valence-electron chi connectivity index (χ0n) is 17.6. The molecule has 0 aliphatic heterocycles. The highest BCUT2D eigenvalue weighted by Crippen LogP contribution is 2.37. The summed E-state index contributed by atoms with van der Waals surface area (Å²) in [6, 6.07) is 8.79. The number of carboxylic acid groups (broad SMARTS) is 1. The lowest BCUT2D eigenvalue weighted by Crippen LogP contribution is -2.18. The van der Waals surface area contributed by atoms with Crippen LogP contribution >= 0.6 is 0 Å². The van der Waals surface area contributed by atoms with Crippen LogP contribution in [0.5, 0.6) is 11.5 Å². The van der Waals surface area contributed by atoms with Gasteiger partial charge in [0.15, 0.2) is 0 Å². The van der Waals surface area contributed by atoms with Gasteiger partial charge in [-0.15, -0.1) is 13.2 Å². The molecule has 9 heteroatoms. The Morgan fingerprint density at radius 2 is 1.72 bits per heavy atom. The number of aliphatic carboxylic acids is 1. The van der Waals surface area contributed by atoms with Gasteiger partial charge in [-0.05, 0) is 67.3 Å². The second kappa shape index (κ2) is 8.57. The van der Waals surface area contributed by atoms with Crippen LogP contribution in [0.25, 0.3) is 10.9 Å². The maximum absolute atomic E-state index is 13.3. The Hall–Kier alpha value is -3.49. The Kier molecular flexibility index (Phi) is 6.20. The van der Waals surface area contributed by atoms with Crippen molar-refractivity contribution >= 4 is 22.8 Å². The summed E-state index contributed by atoms with van der Waals surface area (Å²) < 4.78 is 42.3. The van der Waals surface area contributed by atoms with Crippen LogP contribution in [0, 0.1) is 12.8 Å². The Bertz CT molecular complexity index is 1160. The summed E-state index contributed by atoms with van der Waals surface area (Å²) in [7, 11) is 0. The third-order valence-corrected chi connectivity index (χ3v) is 5.13. The summed E-state index contributed by atoms with van der Waals surface area (Å²) in [6.07, 6.45) is -4.53. The summed E-state index contributed by atoms with van der Waals surface area (Å²) >= 11 is 0. The van der Waals surface area contributed by atoms with Crippen molar-refractivity contribution in [3.8, 4) is 11.5 Å². The Morgan fingerprint density at radius 3 is 2.25 bits per heavy atom. The molecule has 2 aromatic carbocycles. The quantitative estimate of drug-likeness (QED) is 0.522. The molecule has 3 aromatic rings. The number of rotatable bonds is 6. The molecule has 0 unspecified atom stereocenters. The molecule has 6 nitrogen and oxygen atoms in total. The smallest absolute Gasteiger partial charge is 0.508 e. The maximum Gasteiger partial charge on any atom is 0.573 e. The lowest BCUT2D eigenvalue weighted by Gasteiger charge is -2.16. The summed E-state index contributed by atoms with van der Waals surface area (Å²) in [5, 5.41) is 20.3. The number of aromatic nitrogens is 1. The van der Waals surface area contributed by atoms with Gasteiger partial charge >= 0.3 is 12.3 Å². The van der Waals surface area contributed by atoms with Crippen LogP contribution in [-0.2, 0) is 4.79 Å². The number of alkyl halides is 3. The van der Waals surface area contributed by atoms with E-state index in [0.717, 1.165) is 12.1 Å². The third-order valence-electron chi connectivity index (χ3n) is 5.13.